The van der Waals surface area contributed by atoms with Gasteiger partial charge in [-0.05, 0) is 45.9 Å². The van der Waals surface area contributed by atoms with Gasteiger partial charge in [-0.2, -0.15) is 0 Å². The first-order valence-electron chi connectivity index (χ1n) is 7.75. The van der Waals surface area contributed by atoms with Crippen molar-refractivity contribution >= 4 is 17.7 Å². The van der Waals surface area contributed by atoms with Crippen LogP contribution >= 0.6 is 0 Å². The maximum Gasteiger partial charge on any atom is 0.410 e. The maximum atomic E-state index is 12.2. The number of anilines is 1. The van der Waals surface area contributed by atoms with Crippen LogP contribution in [-0.2, 0) is 4.74 Å². The van der Waals surface area contributed by atoms with Crippen LogP contribution in [0.25, 0.3) is 0 Å². The van der Waals surface area contributed by atoms with Crippen molar-refractivity contribution in [3.05, 3.63) is 29.8 Å². The molecular weight excluding hydrogens is 296 g/mol. The molecule has 0 saturated carbocycles. The fraction of sp³-hybridized carbons (Fsp3) is 0.529. The number of hydrogen-bond acceptors (Lipinski definition) is 4. The number of amides is 1. The van der Waals surface area contributed by atoms with E-state index in [1.54, 1.807) is 23.1 Å². The third kappa shape index (κ3) is 4.37. The Hall–Kier alpha value is -2.24. The zero-order chi connectivity index (χ0) is 17.2. The van der Waals surface area contributed by atoms with Crippen molar-refractivity contribution in [3.8, 4) is 0 Å². The lowest BCUT2D eigenvalue weighted by Gasteiger charge is -2.41. The number of carbonyl (C=O) groups is 2. The first-order chi connectivity index (χ1) is 10.7. The third-order valence-electron chi connectivity index (χ3n) is 3.71. The molecule has 6 heteroatoms. The van der Waals surface area contributed by atoms with Crippen LogP contribution in [0.3, 0.4) is 0 Å². The van der Waals surface area contributed by atoms with Crippen molar-refractivity contribution in [2.75, 3.05) is 24.5 Å². The molecule has 0 radical (unpaired) electrons. The molecule has 2 rings (SSSR count). The van der Waals surface area contributed by atoms with Gasteiger partial charge in [0.15, 0.2) is 0 Å². The van der Waals surface area contributed by atoms with Crippen molar-refractivity contribution in [2.24, 2.45) is 0 Å². The number of rotatable bonds is 2. The maximum absolute atomic E-state index is 12.2. The first kappa shape index (κ1) is 17.1. The molecule has 23 heavy (non-hydrogen) atoms. The van der Waals surface area contributed by atoms with Gasteiger partial charge in [-0.1, -0.05) is 6.07 Å². The second-order valence-electron chi connectivity index (χ2n) is 6.82. The highest BCUT2D eigenvalue weighted by Crippen LogP contribution is 2.22. The highest BCUT2D eigenvalue weighted by atomic mass is 16.6. The average Bonchev–Trinajstić information content (AvgIpc) is 2.45. The van der Waals surface area contributed by atoms with Gasteiger partial charge in [-0.25, -0.2) is 9.59 Å². The lowest BCUT2D eigenvalue weighted by Crippen LogP contribution is -2.55. The molecule has 1 N–H and O–H groups in total. The summed E-state index contributed by atoms with van der Waals surface area (Å²) in [7, 11) is 0. The minimum atomic E-state index is -0.938. The van der Waals surface area contributed by atoms with E-state index in [-0.39, 0.29) is 17.7 Å². The molecule has 0 aromatic heterocycles. The van der Waals surface area contributed by atoms with Crippen molar-refractivity contribution < 1.29 is 19.4 Å². The van der Waals surface area contributed by atoms with Crippen LogP contribution in [0.2, 0.25) is 0 Å². The minimum absolute atomic E-state index is 0.00733. The molecule has 1 aliphatic rings. The Balaban J connectivity index is 2.05. The molecule has 0 spiro atoms. The van der Waals surface area contributed by atoms with Gasteiger partial charge in [0, 0.05) is 31.4 Å². The summed E-state index contributed by atoms with van der Waals surface area (Å²) in [6.45, 7) is 9.36. The summed E-state index contributed by atoms with van der Waals surface area (Å²) in [4.78, 5) is 27.1. The van der Waals surface area contributed by atoms with E-state index in [2.05, 4.69) is 4.90 Å². The zero-order valence-electron chi connectivity index (χ0n) is 14.1. The highest BCUT2D eigenvalue weighted by Gasteiger charge is 2.31. The van der Waals surface area contributed by atoms with E-state index >= 15 is 0 Å². The molecule has 0 aliphatic carbocycles. The molecule has 1 unspecified atom stereocenters. The van der Waals surface area contributed by atoms with Crippen LogP contribution in [0, 0.1) is 0 Å². The van der Waals surface area contributed by atoms with Gasteiger partial charge in [0.25, 0.3) is 0 Å². The number of carboxylic acids is 1. The number of piperazine rings is 1. The Labute approximate surface area is 136 Å². The Morgan fingerprint density at radius 1 is 1.26 bits per heavy atom. The monoisotopic (exact) mass is 320 g/mol. The number of carbonyl (C=O) groups excluding carboxylic acids is 1. The molecule has 0 bridgehead atoms. The smallest absolute Gasteiger partial charge is 0.410 e. The zero-order valence-corrected chi connectivity index (χ0v) is 14.1. The number of nitrogens with zero attached hydrogens (tertiary/aromatic N) is 2. The van der Waals surface area contributed by atoms with Crippen LogP contribution in [0.5, 0.6) is 0 Å². The standard InChI is InChI=1S/C17H24N2O4/c1-12-11-18(14-7-5-6-13(10-14)15(20)21)8-9-19(12)16(22)23-17(2,3)4/h5-7,10,12H,8-9,11H2,1-4H3,(H,20,21). The summed E-state index contributed by atoms with van der Waals surface area (Å²) in [5.74, 6) is -0.938. The fourth-order valence-electron chi connectivity index (χ4n) is 2.62. The van der Waals surface area contributed by atoms with Gasteiger partial charge >= 0.3 is 12.1 Å². The minimum Gasteiger partial charge on any atom is -0.478 e. The third-order valence-corrected chi connectivity index (χ3v) is 3.71. The Kier molecular flexibility index (Phi) is 4.82. The summed E-state index contributed by atoms with van der Waals surface area (Å²) < 4.78 is 5.43. The van der Waals surface area contributed by atoms with E-state index in [4.69, 9.17) is 9.84 Å². The lowest BCUT2D eigenvalue weighted by molar-refractivity contribution is 0.0159. The average molecular weight is 320 g/mol. The molecule has 1 aliphatic heterocycles. The topological polar surface area (TPSA) is 70.1 Å². The van der Waals surface area contributed by atoms with Crippen LogP contribution in [0.4, 0.5) is 10.5 Å². The molecule has 1 fully saturated rings. The first-order valence-corrected chi connectivity index (χ1v) is 7.75. The predicted molar refractivity (Wildman–Crippen MR) is 88.0 cm³/mol. The number of aromatic carboxylic acids is 1. The Bertz CT molecular complexity index is 595. The number of carboxylic acid groups (broad SMARTS) is 1. The lowest BCUT2D eigenvalue weighted by atomic mass is 10.1. The van der Waals surface area contributed by atoms with Crippen molar-refractivity contribution in [3.63, 3.8) is 0 Å². The van der Waals surface area contributed by atoms with E-state index in [0.29, 0.717) is 19.6 Å². The second-order valence-corrected chi connectivity index (χ2v) is 6.82. The number of hydrogen-bond donors (Lipinski definition) is 1. The van der Waals surface area contributed by atoms with E-state index < -0.39 is 11.6 Å². The molecule has 6 nitrogen and oxygen atoms in total. The number of ether oxygens (including phenoxy) is 1. The summed E-state index contributed by atoms with van der Waals surface area (Å²) in [5, 5.41) is 9.09. The highest BCUT2D eigenvalue weighted by molar-refractivity contribution is 5.88. The molecule has 1 aromatic rings. The summed E-state index contributed by atoms with van der Waals surface area (Å²) in [6.07, 6.45) is -0.302. The van der Waals surface area contributed by atoms with Crippen LogP contribution < -0.4 is 4.90 Å². The number of benzene rings is 1. The molecular formula is C17H24N2O4. The summed E-state index contributed by atoms with van der Waals surface area (Å²) in [5.41, 5.74) is 0.620. The van der Waals surface area contributed by atoms with E-state index in [0.717, 1.165) is 5.69 Å². The fourth-order valence-corrected chi connectivity index (χ4v) is 2.62. The van der Waals surface area contributed by atoms with Crippen LogP contribution in [-0.4, -0.2) is 53.3 Å². The van der Waals surface area contributed by atoms with Gasteiger partial charge in [-0.15, -0.1) is 0 Å². The van der Waals surface area contributed by atoms with Crippen LogP contribution in [0.1, 0.15) is 38.1 Å². The van der Waals surface area contributed by atoms with Gasteiger partial charge in [-0.3, -0.25) is 0 Å². The largest absolute Gasteiger partial charge is 0.478 e. The predicted octanol–water partition coefficient (Wildman–Crippen LogP) is 2.83. The molecule has 1 heterocycles. The van der Waals surface area contributed by atoms with Crippen molar-refractivity contribution in [1.82, 2.24) is 4.90 Å². The Morgan fingerprint density at radius 2 is 1.96 bits per heavy atom. The van der Waals surface area contributed by atoms with E-state index in [1.807, 2.05) is 33.8 Å². The van der Waals surface area contributed by atoms with Crippen molar-refractivity contribution in [2.45, 2.75) is 39.3 Å². The molecule has 1 aromatic carbocycles. The normalized spacial score (nSPS) is 18.7. The molecule has 126 valence electrons. The van der Waals surface area contributed by atoms with Gasteiger partial charge in [0.2, 0.25) is 0 Å². The molecule has 1 saturated heterocycles. The quantitative estimate of drug-likeness (QED) is 0.907. The SMILES string of the molecule is CC1CN(c2cccc(C(=O)O)c2)CCN1C(=O)OC(C)(C)C. The second kappa shape index (κ2) is 6.48. The summed E-state index contributed by atoms with van der Waals surface area (Å²) in [6, 6.07) is 6.86. The van der Waals surface area contributed by atoms with Crippen molar-refractivity contribution in [1.29, 1.82) is 0 Å². The van der Waals surface area contributed by atoms with Gasteiger partial charge in [0.1, 0.15) is 5.60 Å². The summed E-state index contributed by atoms with van der Waals surface area (Å²) >= 11 is 0. The Morgan fingerprint density at radius 3 is 2.52 bits per heavy atom. The van der Waals surface area contributed by atoms with E-state index in [9.17, 15) is 9.59 Å². The van der Waals surface area contributed by atoms with Gasteiger partial charge < -0.3 is 19.6 Å². The van der Waals surface area contributed by atoms with E-state index in [1.165, 1.54) is 0 Å². The van der Waals surface area contributed by atoms with Gasteiger partial charge in [0.05, 0.1) is 5.56 Å². The van der Waals surface area contributed by atoms with Crippen LogP contribution in [0.15, 0.2) is 24.3 Å². The molecule has 1 amide bonds. The molecule has 1 atom stereocenters.